The average Bonchev–Trinajstić information content (AvgIpc) is 2.78. The fraction of sp³-hybridized carbons (Fsp3) is 0.700. The van der Waals surface area contributed by atoms with E-state index in [1.54, 1.807) is 11.3 Å². The van der Waals surface area contributed by atoms with Gasteiger partial charge in [-0.25, -0.2) is 0 Å². The van der Waals surface area contributed by atoms with Gasteiger partial charge in [-0.1, -0.05) is 12.8 Å². The lowest BCUT2D eigenvalue weighted by atomic mass is 10.1. The number of thiazole rings is 1. The fourth-order valence-corrected chi connectivity index (χ4v) is 2.09. The molecule has 0 aromatic carbocycles. The summed E-state index contributed by atoms with van der Waals surface area (Å²) in [4.78, 5) is 5.39. The first-order chi connectivity index (χ1) is 6.34. The summed E-state index contributed by atoms with van der Waals surface area (Å²) in [5.74, 6) is 1.02. The quantitative estimate of drug-likeness (QED) is 0.782. The van der Waals surface area contributed by atoms with Crippen LogP contribution < -0.4 is 5.32 Å². The lowest BCUT2D eigenvalue weighted by molar-refractivity contribution is 0.489. The van der Waals surface area contributed by atoms with Gasteiger partial charge in [-0.15, -0.1) is 11.3 Å². The molecule has 2 nitrogen and oxygen atoms in total. The van der Waals surface area contributed by atoms with Crippen LogP contribution in [0, 0.1) is 5.92 Å². The molecule has 1 N–H and O–H groups in total. The third-order valence-corrected chi connectivity index (χ3v) is 3.27. The molecule has 1 aromatic heterocycles. The van der Waals surface area contributed by atoms with Gasteiger partial charge in [-0.05, 0) is 19.3 Å². The van der Waals surface area contributed by atoms with Gasteiger partial charge in [-0.3, -0.25) is 4.98 Å². The van der Waals surface area contributed by atoms with Gasteiger partial charge in [0.2, 0.25) is 0 Å². The maximum atomic E-state index is 4.05. The van der Waals surface area contributed by atoms with Crippen molar-refractivity contribution in [3.05, 3.63) is 16.6 Å². The number of hydrogen-bond acceptors (Lipinski definition) is 3. The van der Waals surface area contributed by atoms with E-state index < -0.39 is 0 Å². The molecule has 13 heavy (non-hydrogen) atoms. The molecule has 3 heteroatoms. The van der Waals surface area contributed by atoms with Crippen LogP contribution in [-0.4, -0.2) is 11.0 Å². The Morgan fingerprint density at radius 1 is 1.69 bits per heavy atom. The van der Waals surface area contributed by atoms with Gasteiger partial charge < -0.3 is 5.32 Å². The van der Waals surface area contributed by atoms with Crippen LogP contribution in [0.5, 0.6) is 0 Å². The summed E-state index contributed by atoms with van der Waals surface area (Å²) < 4.78 is 0. The van der Waals surface area contributed by atoms with Gasteiger partial charge in [0.25, 0.3) is 0 Å². The highest BCUT2D eigenvalue weighted by molar-refractivity contribution is 7.09. The zero-order chi connectivity index (χ0) is 9.10. The predicted molar refractivity (Wildman–Crippen MR) is 55.8 cm³/mol. The summed E-state index contributed by atoms with van der Waals surface area (Å²) in [6.45, 7) is 3.26. The second kappa shape index (κ2) is 4.20. The maximum absolute atomic E-state index is 4.05. The van der Waals surface area contributed by atoms with E-state index in [-0.39, 0.29) is 0 Å². The first kappa shape index (κ1) is 9.16. The summed E-state index contributed by atoms with van der Waals surface area (Å²) in [7, 11) is 0. The Balaban J connectivity index is 1.66. The van der Waals surface area contributed by atoms with Crippen LogP contribution in [0.3, 0.4) is 0 Å². The predicted octanol–water partition coefficient (Wildman–Crippen LogP) is 2.42. The molecule has 1 fully saturated rings. The van der Waals surface area contributed by atoms with E-state index in [1.165, 1.54) is 24.1 Å². The molecule has 0 bridgehead atoms. The minimum atomic E-state index is 0.662. The molecule has 1 aliphatic rings. The third kappa shape index (κ3) is 3.08. The minimum Gasteiger partial charge on any atom is -0.309 e. The Bertz CT molecular complexity index is 241. The van der Waals surface area contributed by atoms with Crippen LogP contribution in [0.4, 0.5) is 0 Å². The molecule has 72 valence electrons. The van der Waals surface area contributed by atoms with Crippen molar-refractivity contribution in [2.24, 2.45) is 5.92 Å². The van der Waals surface area contributed by atoms with Crippen molar-refractivity contribution in [3.8, 4) is 0 Å². The zero-order valence-corrected chi connectivity index (χ0v) is 8.81. The van der Waals surface area contributed by atoms with Crippen LogP contribution in [-0.2, 0) is 6.54 Å². The van der Waals surface area contributed by atoms with E-state index in [0.29, 0.717) is 6.04 Å². The Kier molecular flexibility index (Phi) is 2.96. The normalized spacial score (nSPS) is 18.8. The van der Waals surface area contributed by atoms with E-state index in [9.17, 15) is 0 Å². The lowest BCUT2D eigenvalue weighted by Gasteiger charge is -2.11. The Morgan fingerprint density at radius 3 is 3.15 bits per heavy atom. The standard InChI is InChI=1S/C10H16N2S/c1-8(4-9-2-3-9)12-6-10-5-11-7-13-10/h5,7-9,12H,2-4,6H2,1H3. The van der Waals surface area contributed by atoms with E-state index >= 15 is 0 Å². The van der Waals surface area contributed by atoms with E-state index in [2.05, 4.69) is 17.2 Å². The van der Waals surface area contributed by atoms with E-state index in [1.807, 2.05) is 11.7 Å². The number of rotatable bonds is 5. The molecule has 1 unspecified atom stereocenters. The van der Waals surface area contributed by atoms with Crippen molar-refractivity contribution in [3.63, 3.8) is 0 Å². The third-order valence-electron chi connectivity index (χ3n) is 2.49. The summed E-state index contributed by atoms with van der Waals surface area (Å²) in [5.41, 5.74) is 1.89. The minimum absolute atomic E-state index is 0.662. The van der Waals surface area contributed by atoms with Crippen LogP contribution in [0.1, 0.15) is 31.1 Å². The van der Waals surface area contributed by atoms with Crippen LogP contribution in [0.15, 0.2) is 11.7 Å². The highest BCUT2D eigenvalue weighted by atomic mass is 32.1. The van der Waals surface area contributed by atoms with Gasteiger partial charge >= 0.3 is 0 Å². The number of aromatic nitrogens is 1. The van der Waals surface area contributed by atoms with Crippen molar-refractivity contribution < 1.29 is 0 Å². The summed E-state index contributed by atoms with van der Waals surface area (Å²) >= 11 is 1.73. The van der Waals surface area contributed by atoms with Crippen molar-refractivity contribution in [2.45, 2.75) is 38.8 Å². The molecule has 0 radical (unpaired) electrons. The second-order valence-corrected chi connectivity index (χ2v) is 4.90. The Morgan fingerprint density at radius 2 is 2.54 bits per heavy atom. The largest absolute Gasteiger partial charge is 0.309 e. The van der Waals surface area contributed by atoms with Gasteiger partial charge in [0.05, 0.1) is 5.51 Å². The van der Waals surface area contributed by atoms with Crippen LogP contribution >= 0.6 is 11.3 Å². The number of nitrogens with zero attached hydrogens (tertiary/aromatic N) is 1. The van der Waals surface area contributed by atoms with Crippen LogP contribution in [0.2, 0.25) is 0 Å². The van der Waals surface area contributed by atoms with Crippen molar-refractivity contribution in [1.82, 2.24) is 10.3 Å². The molecule has 1 atom stereocenters. The van der Waals surface area contributed by atoms with Crippen molar-refractivity contribution >= 4 is 11.3 Å². The molecule has 0 amide bonds. The second-order valence-electron chi connectivity index (χ2n) is 3.93. The van der Waals surface area contributed by atoms with Gasteiger partial charge in [0, 0.05) is 23.7 Å². The average molecular weight is 196 g/mol. The lowest BCUT2D eigenvalue weighted by Crippen LogP contribution is -2.25. The summed E-state index contributed by atoms with van der Waals surface area (Å²) in [5, 5.41) is 3.53. The first-order valence-electron chi connectivity index (χ1n) is 4.95. The maximum Gasteiger partial charge on any atom is 0.0794 e. The van der Waals surface area contributed by atoms with Crippen molar-refractivity contribution in [1.29, 1.82) is 0 Å². The molecule has 0 saturated heterocycles. The highest BCUT2D eigenvalue weighted by Gasteiger charge is 2.23. The fourth-order valence-electron chi connectivity index (χ4n) is 1.54. The SMILES string of the molecule is CC(CC1CC1)NCc1cncs1. The molecule has 1 aromatic rings. The highest BCUT2D eigenvalue weighted by Crippen LogP contribution is 2.33. The van der Waals surface area contributed by atoms with Crippen molar-refractivity contribution in [2.75, 3.05) is 0 Å². The summed E-state index contributed by atoms with van der Waals surface area (Å²) in [6, 6.07) is 0.662. The number of hydrogen-bond donors (Lipinski definition) is 1. The van der Waals surface area contributed by atoms with Gasteiger partial charge in [0.1, 0.15) is 0 Å². The molecule has 0 spiro atoms. The summed E-state index contributed by atoms with van der Waals surface area (Å²) in [6.07, 6.45) is 6.19. The van der Waals surface area contributed by atoms with Crippen LogP contribution in [0.25, 0.3) is 0 Å². The molecular weight excluding hydrogens is 180 g/mol. The number of nitrogens with one attached hydrogen (secondary N) is 1. The molecule has 1 aliphatic carbocycles. The Labute approximate surface area is 83.4 Å². The molecule has 2 rings (SSSR count). The topological polar surface area (TPSA) is 24.9 Å². The first-order valence-corrected chi connectivity index (χ1v) is 5.83. The van der Waals surface area contributed by atoms with Gasteiger partial charge in [0.15, 0.2) is 0 Å². The van der Waals surface area contributed by atoms with Gasteiger partial charge in [-0.2, -0.15) is 0 Å². The zero-order valence-electron chi connectivity index (χ0n) is 7.99. The smallest absolute Gasteiger partial charge is 0.0794 e. The van der Waals surface area contributed by atoms with E-state index in [0.717, 1.165) is 12.5 Å². The molecule has 1 saturated carbocycles. The molecular formula is C10H16N2S. The Hall–Kier alpha value is -0.410. The molecule has 0 aliphatic heterocycles. The van der Waals surface area contributed by atoms with E-state index in [4.69, 9.17) is 0 Å². The monoisotopic (exact) mass is 196 g/mol. The molecule has 1 heterocycles.